The maximum absolute atomic E-state index is 13.2. The van der Waals surface area contributed by atoms with Gasteiger partial charge in [0.1, 0.15) is 12.1 Å². The molecule has 2 heterocycles. The van der Waals surface area contributed by atoms with Crippen LogP contribution in [-0.4, -0.2) is 33.5 Å². The van der Waals surface area contributed by atoms with Crippen LogP contribution in [0.3, 0.4) is 0 Å². The Morgan fingerprint density at radius 3 is 2.97 bits per heavy atom. The van der Waals surface area contributed by atoms with Crippen LogP contribution in [0.2, 0.25) is 0 Å². The van der Waals surface area contributed by atoms with Crippen molar-refractivity contribution in [3.05, 3.63) is 75.4 Å². The molecule has 6 heteroatoms. The van der Waals surface area contributed by atoms with Gasteiger partial charge in [-0.15, -0.1) is 17.8 Å². The number of hydrogen-bond donors (Lipinski definition) is 2. The molecule has 0 saturated heterocycles. The maximum Gasteiger partial charge on any atom is 0.208 e. The van der Waals surface area contributed by atoms with Crippen molar-refractivity contribution >= 4 is 22.9 Å². The molecule has 1 aliphatic carbocycles. The first kappa shape index (κ1) is 21.2. The fourth-order valence-electron chi connectivity index (χ4n) is 4.24. The Labute approximate surface area is 186 Å². The van der Waals surface area contributed by atoms with Crippen molar-refractivity contribution in [2.24, 2.45) is 11.8 Å². The van der Waals surface area contributed by atoms with Crippen LogP contribution in [0.5, 0.6) is 0 Å². The van der Waals surface area contributed by atoms with Gasteiger partial charge in [-0.25, -0.2) is 9.97 Å². The molecule has 4 rings (SSSR count). The normalized spacial score (nSPS) is 20.4. The second-order valence-corrected chi connectivity index (χ2v) is 9.10. The third-order valence-electron chi connectivity index (χ3n) is 5.96. The fraction of sp³-hybridized carbons (Fsp3) is 0.320. The van der Waals surface area contributed by atoms with Crippen molar-refractivity contribution in [2.75, 3.05) is 11.9 Å². The van der Waals surface area contributed by atoms with Gasteiger partial charge in [0, 0.05) is 24.4 Å². The van der Waals surface area contributed by atoms with E-state index < -0.39 is 0 Å². The number of aliphatic hydroxyl groups excluding tert-OH is 1. The molecule has 3 atom stereocenters. The van der Waals surface area contributed by atoms with Crippen LogP contribution in [0.15, 0.2) is 48.2 Å². The van der Waals surface area contributed by atoms with Crippen LogP contribution in [0, 0.1) is 24.2 Å². The topological polar surface area (TPSA) is 75.1 Å². The number of hydrogen-bond acceptors (Lipinski definition) is 6. The molecule has 5 nitrogen and oxygen atoms in total. The highest BCUT2D eigenvalue weighted by Gasteiger charge is 2.31. The molecule has 0 spiro atoms. The smallest absolute Gasteiger partial charge is 0.208 e. The lowest BCUT2D eigenvalue weighted by molar-refractivity contribution is 0.104. The van der Waals surface area contributed by atoms with Crippen LogP contribution >= 0.6 is 11.3 Å². The average Bonchev–Trinajstić information content (AvgIpc) is 3.39. The summed E-state index contributed by atoms with van der Waals surface area (Å²) in [6.07, 6.45) is 11.1. The molecular weight excluding hydrogens is 406 g/mol. The lowest BCUT2D eigenvalue weighted by Gasteiger charge is -2.15. The van der Waals surface area contributed by atoms with E-state index >= 15 is 0 Å². The predicted octanol–water partition coefficient (Wildman–Crippen LogP) is 4.16. The number of nitrogens with one attached hydrogen (secondary N) is 1. The van der Waals surface area contributed by atoms with E-state index in [-0.39, 0.29) is 24.3 Å². The predicted molar refractivity (Wildman–Crippen MR) is 123 cm³/mol. The fourth-order valence-corrected chi connectivity index (χ4v) is 5.10. The number of rotatable bonds is 7. The van der Waals surface area contributed by atoms with Crippen molar-refractivity contribution in [3.63, 3.8) is 0 Å². The summed E-state index contributed by atoms with van der Waals surface area (Å²) in [6.45, 7) is 2.35. The average molecular weight is 432 g/mol. The minimum absolute atomic E-state index is 0.0820. The first-order chi connectivity index (χ1) is 15.1. The zero-order valence-electron chi connectivity index (χ0n) is 17.4. The summed E-state index contributed by atoms with van der Waals surface area (Å²) in [6, 6.07) is 10.0. The van der Waals surface area contributed by atoms with Gasteiger partial charge < -0.3 is 10.4 Å². The zero-order valence-corrected chi connectivity index (χ0v) is 18.2. The lowest BCUT2D eigenvalue weighted by atomic mass is 10.00. The number of benzene rings is 1. The molecule has 1 saturated carbocycles. The number of carbonyl (C=O) groups excluding carboxylic acids is 1. The molecule has 0 bridgehead atoms. The SMILES string of the molecule is C#Cc1cccc(Cc2csc(C(=O)c3cncnc3N[C@@H]3C[C@H](CO)[C@@H](C)C3)c2)c1. The molecular formula is C25H25N3O2S. The standard InChI is InChI=1S/C25H25N3O2S/c1-3-17-5-4-6-18(8-17)9-19-10-23(31-14-19)24(30)22-12-26-15-27-25(22)28-21-7-16(2)20(11-21)13-29/h1,4-6,8,10,12,14-16,20-21,29H,7,9,11,13H2,2H3,(H,26,27,28)/t16-,20+,21-/m0/s1. The molecule has 31 heavy (non-hydrogen) atoms. The Morgan fingerprint density at radius 2 is 2.19 bits per heavy atom. The highest BCUT2D eigenvalue weighted by atomic mass is 32.1. The van der Waals surface area contributed by atoms with Gasteiger partial charge in [0.05, 0.1) is 10.4 Å². The van der Waals surface area contributed by atoms with Gasteiger partial charge in [0.2, 0.25) is 5.78 Å². The minimum Gasteiger partial charge on any atom is -0.396 e. The third-order valence-corrected chi connectivity index (χ3v) is 6.94. The molecule has 1 fully saturated rings. The number of terminal acetylenes is 1. The van der Waals surface area contributed by atoms with E-state index in [1.165, 1.54) is 17.7 Å². The highest BCUT2D eigenvalue weighted by molar-refractivity contribution is 7.12. The largest absolute Gasteiger partial charge is 0.396 e. The van der Waals surface area contributed by atoms with Crippen molar-refractivity contribution in [2.45, 2.75) is 32.2 Å². The zero-order chi connectivity index (χ0) is 21.8. The van der Waals surface area contributed by atoms with Crippen molar-refractivity contribution in [1.29, 1.82) is 0 Å². The molecule has 2 aromatic heterocycles. The number of carbonyl (C=O) groups is 1. The molecule has 1 aromatic carbocycles. The summed E-state index contributed by atoms with van der Waals surface area (Å²) >= 11 is 1.43. The summed E-state index contributed by atoms with van der Waals surface area (Å²) < 4.78 is 0. The van der Waals surface area contributed by atoms with Gasteiger partial charge in [-0.3, -0.25) is 4.79 Å². The minimum atomic E-state index is -0.0820. The molecule has 2 N–H and O–H groups in total. The Hall–Kier alpha value is -3.01. The van der Waals surface area contributed by atoms with Crippen molar-refractivity contribution in [3.8, 4) is 12.3 Å². The van der Waals surface area contributed by atoms with E-state index in [2.05, 4.69) is 28.1 Å². The van der Waals surface area contributed by atoms with Gasteiger partial charge in [0.15, 0.2) is 0 Å². The maximum atomic E-state index is 13.2. The van der Waals surface area contributed by atoms with Gasteiger partial charge >= 0.3 is 0 Å². The molecule has 0 amide bonds. The Balaban J connectivity index is 1.50. The van der Waals surface area contributed by atoms with Crippen LogP contribution in [0.4, 0.5) is 5.82 Å². The number of thiophene rings is 1. The highest BCUT2D eigenvalue weighted by Crippen LogP contribution is 2.33. The summed E-state index contributed by atoms with van der Waals surface area (Å²) in [4.78, 5) is 22.3. The van der Waals surface area contributed by atoms with E-state index in [1.807, 2.05) is 35.7 Å². The third kappa shape index (κ3) is 4.84. The number of nitrogens with zero attached hydrogens (tertiary/aromatic N) is 2. The van der Waals surface area contributed by atoms with Crippen LogP contribution < -0.4 is 5.32 Å². The number of aliphatic hydroxyl groups is 1. The van der Waals surface area contributed by atoms with E-state index in [0.717, 1.165) is 36.0 Å². The van der Waals surface area contributed by atoms with Crippen LogP contribution in [-0.2, 0) is 6.42 Å². The summed E-state index contributed by atoms with van der Waals surface area (Å²) in [5.41, 5.74) is 3.52. The summed E-state index contributed by atoms with van der Waals surface area (Å²) in [5, 5.41) is 15.0. The van der Waals surface area contributed by atoms with Crippen molar-refractivity contribution < 1.29 is 9.90 Å². The molecule has 158 valence electrons. The van der Waals surface area contributed by atoms with Crippen molar-refractivity contribution in [1.82, 2.24) is 9.97 Å². The molecule has 3 aromatic rings. The van der Waals surface area contributed by atoms with Gasteiger partial charge in [0.25, 0.3) is 0 Å². The lowest BCUT2D eigenvalue weighted by Crippen LogP contribution is -2.19. The van der Waals surface area contributed by atoms with E-state index in [4.69, 9.17) is 6.42 Å². The van der Waals surface area contributed by atoms with E-state index in [0.29, 0.717) is 22.2 Å². The van der Waals surface area contributed by atoms with E-state index in [9.17, 15) is 9.90 Å². The van der Waals surface area contributed by atoms with Gasteiger partial charge in [-0.1, -0.05) is 25.0 Å². The summed E-state index contributed by atoms with van der Waals surface area (Å²) in [7, 11) is 0. The molecule has 0 radical (unpaired) electrons. The Kier molecular flexibility index (Phi) is 6.45. The van der Waals surface area contributed by atoms with Crippen LogP contribution in [0.1, 0.15) is 51.7 Å². The Bertz CT molecular complexity index is 1120. The summed E-state index contributed by atoms with van der Waals surface area (Å²) in [5.74, 6) is 3.86. The quantitative estimate of drug-likeness (QED) is 0.434. The first-order valence-electron chi connectivity index (χ1n) is 10.4. The monoisotopic (exact) mass is 431 g/mol. The van der Waals surface area contributed by atoms with E-state index in [1.54, 1.807) is 6.20 Å². The molecule has 1 aliphatic rings. The van der Waals surface area contributed by atoms with Gasteiger partial charge in [-0.2, -0.15) is 0 Å². The molecule has 0 unspecified atom stereocenters. The van der Waals surface area contributed by atoms with Crippen LogP contribution in [0.25, 0.3) is 0 Å². The van der Waals surface area contributed by atoms with Gasteiger partial charge in [-0.05, 0) is 65.8 Å². The number of aromatic nitrogens is 2. The number of ketones is 1. The Morgan fingerprint density at radius 1 is 1.32 bits per heavy atom. The second kappa shape index (κ2) is 9.42. The first-order valence-corrected chi connectivity index (χ1v) is 11.3. The number of anilines is 1. The second-order valence-electron chi connectivity index (χ2n) is 8.19. The molecule has 0 aliphatic heterocycles.